The number of hydrogen-bond donors (Lipinski definition) is 2. The van der Waals surface area contributed by atoms with Gasteiger partial charge in [0.05, 0.1) is 23.1 Å². The molecule has 100 valence electrons. The van der Waals surface area contributed by atoms with Crippen molar-refractivity contribution in [3.05, 3.63) is 23.5 Å². The molecule has 0 fully saturated rings. The van der Waals surface area contributed by atoms with Crippen molar-refractivity contribution in [1.29, 1.82) is 0 Å². The van der Waals surface area contributed by atoms with E-state index in [4.69, 9.17) is 5.73 Å². The molecule has 0 aliphatic heterocycles. The lowest BCUT2D eigenvalue weighted by Gasteiger charge is -2.21. The van der Waals surface area contributed by atoms with E-state index in [1.54, 1.807) is 6.20 Å². The monoisotopic (exact) mass is 249 g/mol. The van der Waals surface area contributed by atoms with Crippen molar-refractivity contribution in [2.75, 3.05) is 5.32 Å². The summed E-state index contributed by atoms with van der Waals surface area (Å²) in [7, 11) is 0. The van der Waals surface area contributed by atoms with Gasteiger partial charge in [0.25, 0.3) is 0 Å². The maximum Gasteiger partial charge on any atom is 0.229 e. The maximum atomic E-state index is 11.9. The van der Waals surface area contributed by atoms with Crippen LogP contribution in [0.15, 0.2) is 12.3 Å². The number of anilines is 1. The van der Waals surface area contributed by atoms with Gasteiger partial charge in [0.1, 0.15) is 0 Å². The highest BCUT2D eigenvalue weighted by Gasteiger charge is 2.22. The van der Waals surface area contributed by atoms with Crippen molar-refractivity contribution >= 4 is 11.6 Å². The summed E-state index contributed by atoms with van der Waals surface area (Å²) >= 11 is 0. The third-order valence-electron chi connectivity index (χ3n) is 2.70. The Morgan fingerprint density at radius 2 is 1.83 bits per heavy atom. The highest BCUT2D eigenvalue weighted by molar-refractivity contribution is 5.94. The number of carbonyl (C=O) groups excluding carboxylic acids is 1. The van der Waals surface area contributed by atoms with E-state index < -0.39 is 11.0 Å². The van der Waals surface area contributed by atoms with E-state index in [0.29, 0.717) is 0 Å². The van der Waals surface area contributed by atoms with Crippen molar-refractivity contribution in [1.82, 2.24) is 4.98 Å². The van der Waals surface area contributed by atoms with Crippen molar-refractivity contribution < 1.29 is 4.79 Å². The van der Waals surface area contributed by atoms with Crippen LogP contribution in [0.4, 0.5) is 5.69 Å². The minimum absolute atomic E-state index is 0.0211. The predicted molar refractivity (Wildman–Crippen MR) is 74.3 cm³/mol. The van der Waals surface area contributed by atoms with Crippen LogP contribution in [0, 0.1) is 12.3 Å². The third kappa shape index (κ3) is 3.53. The summed E-state index contributed by atoms with van der Waals surface area (Å²) in [6.45, 7) is 11.4. The predicted octanol–water partition coefficient (Wildman–Crippen LogP) is 2.57. The highest BCUT2D eigenvalue weighted by Crippen LogP contribution is 2.22. The van der Waals surface area contributed by atoms with Gasteiger partial charge in [0, 0.05) is 5.41 Å². The minimum atomic E-state index is -0.475. The van der Waals surface area contributed by atoms with E-state index in [1.807, 2.05) is 47.6 Å². The molecule has 0 unspecified atom stereocenters. The lowest BCUT2D eigenvalue weighted by molar-refractivity contribution is -0.123. The number of aryl methyl sites for hydroxylation is 1. The zero-order valence-corrected chi connectivity index (χ0v) is 12.1. The number of nitrogens with two attached hydrogens (primary N) is 1. The first-order valence-electron chi connectivity index (χ1n) is 6.09. The summed E-state index contributed by atoms with van der Waals surface area (Å²) in [5.74, 6) is -0.0211. The quantitative estimate of drug-likeness (QED) is 0.846. The molecule has 0 saturated heterocycles. The van der Waals surface area contributed by atoms with Gasteiger partial charge in [-0.15, -0.1) is 0 Å². The van der Waals surface area contributed by atoms with Crippen LogP contribution in [0.2, 0.25) is 0 Å². The molecule has 1 aromatic rings. The number of nitrogens with zero attached hydrogens (tertiary/aromatic N) is 1. The van der Waals surface area contributed by atoms with Crippen LogP contribution in [-0.4, -0.2) is 10.9 Å². The van der Waals surface area contributed by atoms with Gasteiger partial charge >= 0.3 is 0 Å². The Kier molecular flexibility index (Phi) is 3.81. The van der Waals surface area contributed by atoms with Crippen molar-refractivity contribution in [3.8, 4) is 0 Å². The molecule has 4 nitrogen and oxygen atoms in total. The lowest BCUT2D eigenvalue weighted by atomic mass is 9.95. The number of carbonyl (C=O) groups is 1. The van der Waals surface area contributed by atoms with Gasteiger partial charge in [-0.2, -0.15) is 0 Å². The molecular formula is C14H23N3O. The first kappa shape index (κ1) is 14.6. The number of hydrogen-bond acceptors (Lipinski definition) is 3. The van der Waals surface area contributed by atoms with Crippen LogP contribution in [0.5, 0.6) is 0 Å². The Morgan fingerprint density at radius 1 is 1.28 bits per heavy atom. The topological polar surface area (TPSA) is 68.0 Å². The highest BCUT2D eigenvalue weighted by atomic mass is 16.2. The molecule has 18 heavy (non-hydrogen) atoms. The van der Waals surface area contributed by atoms with E-state index in [2.05, 4.69) is 10.3 Å². The molecule has 3 N–H and O–H groups in total. The molecule has 1 rings (SSSR count). The standard InChI is InChI=1S/C14H23N3O/c1-9-7-11(14(5,6)15)16-8-10(9)17-12(18)13(2,3)4/h7-8H,15H2,1-6H3,(H,17,18). The Bertz CT molecular complexity index is 453. The molecule has 0 aromatic carbocycles. The van der Waals surface area contributed by atoms with Crippen LogP contribution in [0.3, 0.4) is 0 Å². The van der Waals surface area contributed by atoms with Crippen molar-refractivity contribution in [2.24, 2.45) is 11.1 Å². The number of nitrogens with one attached hydrogen (secondary N) is 1. The molecule has 0 atom stereocenters. The first-order valence-corrected chi connectivity index (χ1v) is 6.09. The van der Waals surface area contributed by atoms with Crippen LogP contribution in [0.1, 0.15) is 45.9 Å². The lowest BCUT2D eigenvalue weighted by Crippen LogP contribution is -2.31. The van der Waals surface area contributed by atoms with Crippen LogP contribution >= 0.6 is 0 Å². The molecule has 1 amide bonds. The molecule has 4 heteroatoms. The van der Waals surface area contributed by atoms with Crippen molar-refractivity contribution in [2.45, 2.75) is 47.1 Å². The molecule has 0 bridgehead atoms. The van der Waals surface area contributed by atoms with E-state index >= 15 is 0 Å². The summed E-state index contributed by atoms with van der Waals surface area (Å²) in [5.41, 5.74) is 7.62. The molecule has 0 spiro atoms. The maximum absolute atomic E-state index is 11.9. The Morgan fingerprint density at radius 3 is 2.22 bits per heavy atom. The number of pyridine rings is 1. The molecule has 1 aromatic heterocycles. The number of rotatable bonds is 2. The second-order valence-electron chi connectivity index (χ2n) is 6.31. The normalized spacial score (nSPS) is 12.4. The van der Waals surface area contributed by atoms with Crippen molar-refractivity contribution in [3.63, 3.8) is 0 Å². The fraction of sp³-hybridized carbons (Fsp3) is 0.571. The molecule has 0 radical (unpaired) electrons. The summed E-state index contributed by atoms with van der Waals surface area (Å²) in [6, 6.07) is 1.91. The van der Waals surface area contributed by atoms with Gasteiger partial charge in [0.15, 0.2) is 0 Å². The van der Waals surface area contributed by atoms with Gasteiger partial charge in [-0.1, -0.05) is 20.8 Å². The Labute approximate surface area is 109 Å². The summed E-state index contributed by atoms with van der Waals surface area (Å²) in [4.78, 5) is 16.2. The van der Waals surface area contributed by atoms with E-state index in [-0.39, 0.29) is 5.91 Å². The van der Waals surface area contributed by atoms with E-state index in [0.717, 1.165) is 16.9 Å². The summed E-state index contributed by atoms with van der Waals surface area (Å²) in [5, 5.41) is 2.89. The average Bonchev–Trinajstić information content (AvgIpc) is 2.17. The second-order valence-corrected chi connectivity index (χ2v) is 6.31. The van der Waals surface area contributed by atoms with Gasteiger partial charge in [-0.3, -0.25) is 9.78 Å². The zero-order valence-electron chi connectivity index (χ0n) is 12.1. The molecular weight excluding hydrogens is 226 g/mol. The largest absolute Gasteiger partial charge is 0.324 e. The second kappa shape index (κ2) is 4.69. The van der Waals surface area contributed by atoms with E-state index in [9.17, 15) is 4.79 Å². The smallest absolute Gasteiger partial charge is 0.229 e. The van der Waals surface area contributed by atoms with Crippen LogP contribution in [-0.2, 0) is 10.3 Å². The molecule has 0 aliphatic rings. The van der Waals surface area contributed by atoms with Crippen LogP contribution in [0.25, 0.3) is 0 Å². The van der Waals surface area contributed by atoms with Gasteiger partial charge in [-0.05, 0) is 32.4 Å². The average molecular weight is 249 g/mol. The number of amides is 1. The summed E-state index contributed by atoms with van der Waals surface area (Å²) < 4.78 is 0. The third-order valence-corrected chi connectivity index (χ3v) is 2.70. The van der Waals surface area contributed by atoms with E-state index in [1.165, 1.54) is 0 Å². The molecule has 1 heterocycles. The minimum Gasteiger partial charge on any atom is -0.324 e. The fourth-order valence-corrected chi connectivity index (χ4v) is 1.35. The zero-order chi connectivity index (χ0) is 14.1. The van der Waals surface area contributed by atoms with Gasteiger partial charge < -0.3 is 11.1 Å². The SMILES string of the molecule is Cc1cc(C(C)(C)N)ncc1NC(=O)C(C)(C)C. The number of aromatic nitrogens is 1. The molecule has 0 saturated carbocycles. The fourth-order valence-electron chi connectivity index (χ4n) is 1.35. The van der Waals surface area contributed by atoms with Gasteiger partial charge in [0.2, 0.25) is 5.91 Å². The Balaban J connectivity index is 2.98. The summed E-state index contributed by atoms with van der Waals surface area (Å²) in [6.07, 6.45) is 1.67. The van der Waals surface area contributed by atoms with Gasteiger partial charge in [-0.25, -0.2) is 0 Å². The Hall–Kier alpha value is -1.42. The molecule has 0 aliphatic carbocycles. The van der Waals surface area contributed by atoms with Crippen LogP contribution < -0.4 is 11.1 Å². The first-order chi connectivity index (χ1) is 8.01.